The maximum atomic E-state index is 14.7. The summed E-state index contributed by atoms with van der Waals surface area (Å²) in [7, 11) is 1.65. The molecule has 3 rings (SSSR count). The molecule has 2 fully saturated rings. The molecule has 3 nitrogen and oxygen atoms in total. The van der Waals surface area contributed by atoms with Crippen LogP contribution in [0.3, 0.4) is 0 Å². The second kappa shape index (κ2) is 7.42. The summed E-state index contributed by atoms with van der Waals surface area (Å²) in [5.41, 5.74) is 0.777. The van der Waals surface area contributed by atoms with Gasteiger partial charge in [0.2, 0.25) is 0 Å². The Morgan fingerprint density at radius 1 is 1.18 bits per heavy atom. The molecule has 0 amide bonds. The molecule has 0 spiro atoms. The topological polar surface area (TPSA) is 24.5 Å². The lowest BCUT2D eigenvalue weighted by atomic mass is 9.79. The lowest BCUT2D eigenvalue weighted by molar-refractivity contribution is 0.0983. The lowest BCUT2D eigenvalue weighted by Crippen LogP contribution is -2.47. The third kappa shape index (κ3) is 3.28. The fraction of sp³-hybridized carbons (Fsp3) is 0.667. The van der Waals surface area contributed by atoms with E-state index < -0.39 is 0 Å². The van der Waals surface area contributed by atoms with E-state index in [1.807, 2.05) is 6.07 Å². The highest BCUT2D eigenvalue weighted by atomic mass is 19.1. The molecule has 22 heavy (non-hydrogen) atoms. The molecule has 0 radical (unpaired) electrons. The molecule has 1 aliphatic carbocycles. The van der Waals surface area contributed by atoms with Crippen molar-refractivity contribution in [2.75, 3.05) is 33.3 Å². The van der Waals surface area contributed by atoms with Gasteiger partial charge in [-0.05, 0) is 30.9 Å². The van der Waals surface area contributed by atoms with Gasteiger partial charge in [0, 0.05) is 37.8 Å². The Hall–Kier alpha value is -1.13. The summed E-state index contributed by atoms with van der Waals surface area (Å²) < 4.78 is 20.2. The van der Waals surface area contributed by atoms with Gasteiger partial charge in [-0.3, -0.25) is 4.90 Å². The van der Waals surface area contributed by atoms with Crippen molar-refractivity contribution < 1.29 is 9.13 Å². The van der Waals surface area contributed by atoms with Crippen LogP contribution < -0.4 is 10.1 Å². The van der Waals surface area contributed by atoms with Gasteiger partial charge in [0.25, 0.3) is 0 Å². The van der Waals surface area contributed by atoms with E-state index in [1.54, 1.807) is 19.2 Å². The summed E-state index contributed by atoms with van der Waals surface area (Å²) in [5, 5.41) is 3.40. The monoisotopic (exact) mass is 306 g/mol. The maximum absolute atomic E-state index is 14.7. The third-order valence-electron chi connectivity index (χ3n) is 5.17. The third-order valence-corrected chi connectivity index (χ3v) is 5.17. The standard InChI is InChI=1S/C18H27FN2O/c1-22-16-9-5-8-15(19)17(16)18(14-6-3-2-4-7-14)21-12-10-20-11-13-21/h5,8-9,14,18,20H,2-4,6-7,10-13H2,1H3/t18-/m1/s1. The number of nitrogens with one attached hydrogen (secondary N) is 1. The Kier molecular flexibility index (Phi) is 5.32. The Labute approximate surface area is 132 Å². The van der Waals surface area contributed by atoms with Crippen LogP contribution in [0, 0.1) is 11.7 Å². The van der Waals surface area contributed by atoms with Crippen molar-refractivity contribution in [3.8, 4) is 5.75 Å². The molecule has 1 aromatic carbocycles. The molecule has 0 bridgehead atoms. The van der Waals surface area contributed by atoms with Crippen LogP contribution >= 0.6 is 0 Å². The van der Waals surface area contributed by atoms with Crippen molar-refractivity contribution in [3.05, 3.63) is 29.6 Å². The zero-order valence-corrected chi connectivity index (χ0v) is 13.5. The highest BCUT2D eigenvalue weighted by Crippen LogP contribution is 2.42. The average molecular weight is 306 g/mol. The molecule has 0 aromatic heterocycles. The van der Waals surface area contributed by atoms with Gasteiger partial charge in [-0.15, -0.1) is 0 Å². The predicted octanol–water partition coefficient (Wildman–Crippen LogP) is 3.36. The highest BCUT2D eigenvalue weighted by Gasteiger charge is 2.34. The van der Waals surface area contributed by atoms with Crippen LogP contribution in [-0.4, -0.2) is 38.2 Å². The normalized spacial score (nSPS) is 22.5. The summed E-state index contributed by atoms with van der Waals surface area (Å²) in [4.78, 5) is 2.47. The van der Waals surface area contributed by atoms with Crippen LogP contribution in [0.4, 0.5) is 4.39 Å². The summed E-state index contributed by atoms with van der Waals surface area (Å²) in [5.74, 6) is 1.13. The zero-order chi connectivity index (χ0) is 15.4. The van der Waals surface area contributed by atoms with E-state index in [0.717, 1.165) is 31.7 Å². The number of piperazine rings is 1. The van der Waals surface area contributed by atoms with E-state index in [-0.39, 0.29) is 11.9 Å². The van der Waals surface area contributed by atoms with Gasteiger partial charge < -0.3 is 10.1 Å². The lowest BCUT2D eigenvalue weighted by Gasteiger charge is -2.41. The van der Waals surface area contributed by atoms with E-state index in [9.17, 15) is 4.39 Å². The van der Waals surface area contributed by atoms with E-state index >= 15 is 0 Å². The summed E-state index contributed by atoms with van der Waals surface area (Å²) in [6.07, 6.45) is 6.26. The minimum atomic E-state index is -0.117. The first-order valence-corrected chi connectivity index (χ1v) is 8.58. The molecule has 0 unspecified atom stereocenters. The van der Waals surface area contributed by atoms with Crippen LogP contribution in [0.25, 0.3) is 0 Å². The minimum Gasteiger partial charge on any atom is -0.496 e. The van der Waals surface area contributed by atoms with Crippen LogP contribution in [0.1, 0.15) is 43.7 Å². The molecule has 122 valence electrons. The van der Waals surface area contributed by atoms with Crippen molar-refractivity contribution in [2.24, 2.45) is 5.92 Å². The molecule has 1 aromatic rings. The maximum Gasteiger partial charge on any atom is 0.131 e. The van der Waals surface area contributed by atoms with Gasteiger partial charge in [-0.1, -0.05) is 25.3 Å². The summed E-state index contributed by atoms with van der Waals surface area (Å²) >= 11 is 0. The summed E-state index contributed by atoms with van der Waals surface area (Å²) in [6, 6.07) is 5.37. The van der Waals surface area contributed by atoms with Crippen LogP contribution in [0.2, 0.25) is 0 Å². The molecular formula is C18H27FN2O. The number of hydrogen-bond donors (Lipinski definition) is 1. The molecule has 1 saturated carbocycles. The van der Waals surface area contributed by atoms with E-state index in [1.165, 1.54) is 32.1 Å². The SMILES string of the molecule is COc1cccc(F)c1[C@@H](C1CCCCC1)N1CCNCC1. The number of hydrogen-bond acceptors (Lipinski definition) is 3. The number of halogens is 1. The van der Waals surface area contributed by atoms with E-state index in [0.29, 0.717) is 11.7 Å². The fourth-order valence-corrected chi connectivity index (χ4v) is 4.11. The number of rotatable bonds is 4. The first kappa shape index (κ1) is 15.8. The number of methoxy groups -OCH3 is 1. The molecule has 4 heteroatoms. The van der Waals surface area contributed by atoms with E-state index in [4.69, 9.17) is 4.74 Å². The second-order valence-corrected chi connectivity index (χ2v) is 6.48. The number of benzene rings is 1. The van der Waals surface area contributed by atoms with Gasteiger partial charge in [0.1, 0.15) is 11.6 Å². The predicted molar refractivity (Wildman–Crippen MR) is 86.7 cm³/mol. The highest BCUT2D eigenvalue weighted by molar-refractivity contribution is 5.38. The van der Waals surface area contributed by atoms with Gasteiger partial charge in [0.05, 0.1) is 7.11 Å². The van der Waals surface area contributed by atoms with Crippen molar-refractivity contribution in [1.29, 1.82) is 0 Å². The number of nitrogens with zero attached hydrogens (tertiary/aromatic N) is 1. The Balaban J connectivity index is 1.96. The largest absolute Gasteiger partial charge is 0.496 e. The first-order valence-electron chi connectivity index (χ1n) is 8.58. The molecule has 1 saturated heterocycles. The van der Waals surface area contributed by atoms with Crippen molar-refractivity contribution in [2.45, 2.75) is 38.1 Å². The van der Waals surface area contributed by atoms with Crippen molar-refractivity contribution in [3.63, 3.8) is 0 Å². The van der Waals surface area contributed by atoms with Gasteiger partial charge in [0.15, 0.2) is 0 Å². The fourth-order valence-electron chi connectivity index (χ4n) is 4.11. The number of ether oxygens (including phenoxy) is 1. The quantitative estimate of drug-likeness (QED) is 0.923. The second-order valence-electron chi connectivity index (χ2n) is 6.48. The van der Waals surface area contributed by atoms with Crippen LogP contribution in [-0.2, 0) is 0 Å². The Morgan fingerprint density at radius 2 is 1.91 bits per heavy atom. The first-order chi connectivity index (χ1) is 10.8. The smallest absolute Gasteiger partial charge is 0.131 e. The van der Waals surface area contributed by atoms with Crippen LogP contribution in [0.15, 0.2) is 18.2 Å². The van der Waals surface area contributed by atoms with Crippen molar-refractivity contribution in [1.82, 2.24) is 10.2 Å². The Morgan fingerprint density at radius 3 is 2.59 bits per heavy atom. The molecular weight excluding hydrogens is 279 g/mol. The van der Waals surface area contributed by atoms with Gasteiger partial charge in [-0.25, -0.2) is 4.39 Å². The average Bonchev–Trinajstić information content (AvgIpc) is 2.58. The molecule has 2 aliphatic rings. The summed E-state index contributed by atoms with van der Waals surface area (Å²) in [6.45, 7) is 3.94. The molecule has 1 atom stereocenters. The zero-order valence-electron chi connectivity index (χ0n) is 13.5. The molecule has 1 aliphatic heterocycles. The van der Waals surface area contributed by atoms with Gasteiger partial charge in [-0.2, -0.15) is 0 Å². The van der Waals surface area contributed by atoms with Gasteiger partial charge >= 0.3 is 0 Å². The molecule has 1 N–H and O–H groups in total. The van der Waals surface area contributed by atoms with Crippen molar-refractivity contribution >= 4 is 0 Å². The van der Waals surface area contributed by atoms with E-state index in [2.05, 4.69) is 10.2 Å². The van der Waals surface area contributed by atoms with Crippen LogP contribution in [0.5, 0.6) is 5.75 Å². The minimum absolute atomic E-state index is 0.117. The molecule has 1 heterocycles. The Bertz CT molecular complexity index is 464.